The van der Waals surface area contributed by atoms with E-state index in [1.165, 1.54) is 0 Å². The van der Waals surface area contributed by atoms with Crippen LogP contribution < -0.4 is 0 Å². The summed E-state index contributed by atoms with van der Waals surface area (Å²) in [4.78, 5) is 10.6. The van der Waals surface area contributed by atoms with Crippen LogP contribution in [-0.4, -0.2) is 57.2 Å². The Balaban J connectivity index is 0.000000810. The van der Waals surface area contributed by atoms with Gasteiger partial charge in [0.05, 0.1) is 0 Å². The van der Waals surface area contributed by atoms with E-state index < -0.39 is 0 Å². The molecular weight excluding hydrogens is 151 g/mol. The fraction of sp³-hybridized carbons (Fsp3) is 0.125. The van der Waals surface area contributed by atoms with Gasteiger partial charge in [0, 0.05) is 56.9 Å². The Morgan fingerprint density at radius 1 is 1.20 bits per heavy atom. The Bertz CT molecular complexity index is 206. The summed E-state index contributed by atoms with van der Waals surface area (Å²) < 4.78 is 0. The molecule has 1 aromatic rings. The summed E-state index contributed by atoms with van der Waals surface area (Å²) in [6.07, 6.45) is 0. The summed E-state index contributed by atoms with van der Waals surface area (Å²) in [6, 6.07) is 9.23. The molecule has 2 heteroatoms. The van der Waals surface area contributed by atoms with Gasteiger partial charge in [-0.2, -0.15) is 0 Å². The van der Waals surface area contributed by atoms with Crippen molar-refractivity contribution in [1.29, 1.82) is 0 Å². The third kappa shape index (κ3) is 3.08. The predicted octanol–water partition coefficient (Wildman–Crippen LogP) is 1.51. The first-order valence-corrected chi connectivity index (χ1v) is 2.86. The molecule has 0 aliphatic rings. The molecule has 0 aliphatic heterocycles. The molecule has 0 spiro atoms. The largest absolute Gasteiger partial charge is 0.295 e. The van der Waals surface area contributed by atoms with E-state index in [4.69, 9.17) is 0 Å². The number of benzene rings is 1. The second-order valence-corrected chi connectivity index (χ2v) is 1.92. The molecule has 1 rings (SSSR count). The normalized spacial score (nSPS) is 8.10. The molecule has 0 aromatic heterocycles. The van der Waals surface area contributed by atoms with E-state index in [0.29, 0.717) is 0 Å². The molecule has 10 heavy (non-hydrogen) atoms. The van der Waals surface area contributed by atoms with Gasteiger partial charge in [-0.15, -0.1) is 0 Å². The Kier molecular flexibility index (Phi) is 5.49. The van der Waals surface area contributed by atoms with Gasteiger partial charge in [0.25, 0.3) is 0 Å². The van der Waals surface area contributed by atoms with Gasteiger partial charge in [-0.25, -0.2) is 0 Å². The van der Waals surface area contributed by atoms with Crippen LogP contribution in [-0.2, 0) is 0 Å². The molecule has 0 unspecified atom stereocenters. The van der Waals surface area contributed by atoms with Crippen LogP contribution in [0, 0.1) is 0 Å². The fourth-order valence-electron chi connectivity index (χ4n) is 0.673. The van der Waals surface area contributed by atoms with Crippen molar-refractivity contribution in [2.45, 2.75) is 6.92 Å². The van der Waals surface area contributed by atoms with Crippen molar-refractivity contribution in [3.05, 3.63) is 35.9 Å². The van der Waals surface area contributed by atoms with Crippen LogP contribution in [0.15, 0.2) is 30.3 Å². The zero-order chi connectivity index (χ0) is 6.69. The van der Waals surface area contributed by atoms with Crippen LogP contribution in [0.5, 0.6) is 0 Å². The summed E-state index contributed by atoms with van der Waals surface area (Å²) in [5, 5.41) is 0. The van der Waals surface area contributed by atoms with E-state index in [-0.39, 0.29) is 57.2 Å². The molecule has 0 saturated carbocycles. The summed E-state index contributed by atoms with van der Waals surface area (Å²) in [6.45, 7) is 1.56. The van der Waals surface area contributed by atoms with Crippen LogP contribution in [0.4, 0.5) is 0 Å². The van der Waals surface area contributed by atoms with Crippen LogP contribution >= 0.6 is 0 Å². The minimum atomic E-state index is 0. The molecule has 1 radical (unpaired) electrons. The number of Topliss-reactive ketones (excluding diaryl/α,β-unsaturated/α-hetero) is 1. The maximum absolute atomic E-state index is 10.6. The molecule has 0 amide bonds. The van der Waals surface area contributed by atoms with Crippen molar-refractivity contribution < 1.29 is 4.79 Å². The minimum Gasteiger partial charge on any atom is -0.295 e. The summed E-state index contributed by atoms with van der Waals surface area (Å²) >= 11 is 0. The molecular formula is C8H8KO. The maximum atomic E-state index is 10.6. The van der Waals surface area contributed by atoms with E-state index >= 15 is 0 Å². The molecule has 47 valence electrons. The van der Waals surface area contributed by atoms with Gasteiger partial charge in [-0.05, 0) is 6.92 Å². The zero-order valence-corrected chi connectivity index (χ0v) is 9.42. The monoisotopic (exact) mass is 159 g/mol. The third-order valence-corrected chi connectivity index (χ3v) is 1.18. The van der Waals surface area contributed by atoms with Gasteiger partial charge in [0.2, 0.25) is 0 Å². The topological polar surface area (TPSA) is 17.1 Å². The Morgan fingerprint density at radius 2 is 1.70 bits per heavy atom. The van der Waals surface area contributed by atoms with Gasteiger partial charge in [0.15, 0.2) is 5.78 Å². The first-order chi connectivity index (χ1) is 4.30. The third-order valence-electron chi connectivity index (χ3n) is 1.18. The average molecular weight is 159 g/mol. The van der Waals surface area contributed by atoms with Crippen LogP contribution in [0.25, 0.3) is 0 Å². The summed E-state index contributed by atoms with van der Waals surface area (Å²) in [7, 11) is 0. The zero-order valence-electron chi connectivity index (χ0n) is 6.29. The summed E-state index contributed by atoms with van der Waals surface area (Å²) in [5.41, 5.74) is 0.775. The van der Waals surface area contributed by atoms with Crippen molar-refractivity contribution in [3.8, 4) is 0 Å². The van der Waals surface area contributed by atoms with Crippen molar-refractivity contribution in [3.63, 3.8) is 0 Å². The number of carbonyl (C=O) groups is 1. The van der Waals surface area contributed by atoms with Gasteiger partial charge in [-0.1, -0.05) is 30.3 Å². The Morgan fingerprint density at radius 3 is 2.00 bits per heavy atom. The van der Waals surface area contributed by atoms with Crippen LogP contribution in [0.2, 0.25) is 0 Å². The molecule has 0 aliphatic carbocycles. The van der Waals surface area contributed by atoms with Gasteiger partial charge >= 0.3 is 0 Å². The minimum absolute atomic E-state index is 0. The van der Waals surface area contributed by atoms with Crippen molar-refractivity contribution in [2.75, 3.05) is 0 Å². The van der Waals surface area contributed by atoms with Gasteiger partial charge in [0.1, 0.15) is 0 Å². The second kappa shape index (κ2) is 5.21. The number of hydrogen-bond donors (Lipinski definition) is 0. The van der Waals surface area contributed by atoms with Gasteiger partial charge in [-0.3, -0.25) is 4.79 Å². The smallest absolute Gasteiger partial charge is 0.159 e. The molecule has 0 heterocycles. The van der Waals surface area contributed by atoms with E-state index in [1.54, 1.807) is 6.92 Å². The average Bonchev–Trinajstić information content (AvgIpc) is 1.90. The SMILES string of the molecule is CC(=O)c1ccccc1.[K]. The molecule has 1 nitrogen and oxygen atoms in total. The van der Waals surface area contributed by atoms with Crippen molar-refractivity contribution >= 4 is 57.2 Å². The number of carbonyl (C=O) groups excluding carboxylic acids is 1. The predicted molar refractivity (Wildman–Crippen MR) is 42.2 cm³/mol. The van der Waals surface area contributed by atoms with E-state index in [9.17, 15) is 4.79 Å². The van der Waals surface area contributed by atoms with E-state index in [2.05, 4.69) is 0 Å². The number of rotatable bonds is 1. The standard InChI is InChI=1S/C8H8O.K/c1-7(9)8-5-3-2-4-6-8;/h2-6H,1H3;. The number of ketones is 1. The molecule has 0 atom stereocenters. The second-order valence-electron chi connectivity index (χ2n) is 1.92. The summed E-state index contributed by atoms with van der Waals surface area (Å²) in [5.74, 6) is 0.121. The van der Waals surface area contributed by atoms with E-state index in [0.717, 1.165) is 5.56 Å². The maximum Gasteiger partial charge on any atom is 0.159 e. The van der Waals surface area contributed by atoms with Crippen molar-refractivity contribution in [1.82, 2.24) is 0 Å². The molecule has 0 saturated heterocycles. The Hall–Kier alpha value is 0.526. The first kappa shape index (κ1) is 10.5. The molecule has 0 fully saturated rings. The Labute approximate surface area is 103 Å². The van der Waals surface area contributed by atoms with Gasteiger partial charge < -0.3 is 0 Å². The van der Waals surface area contributed by atoms with Crippen LogP contribution in [0.1, 0.15) is 17.3 Å². The van der Waals surface area contributed by atoms with E-state index in [1.807, 2.05) is 30.3 Å². The van der Waals surface area contributed by atoms with Crippen LogP contribution in [0.3, 0.4) is 0 Å². The number of hydrogen-bond acceptors (Lipinski definition) is 1. The molecule has 0 N–H and O–H groups in total. The fourth-order valence-corrected chi connectivity index (χ4v) is 0.673. The molecule has 0 bridgehead atoms. The quantitative estimate of drug-likeness (QED) is 0.448. The molecule has 1 aromatic carbocycles. The first-order valence-electron chi connectivity index (χ1n) is 2.86. The van der Waals surface area contributed by atoms with Crippen molar-refractivity contribution in [2.24, 2.45) is 0 Å².